The molecule has 376 valence electrons. The van der Waals surface area contributed by atoms with Crippen molar-refractivity contribution in [2.45, 2.75) is 144 Å². The number of benzene rings is 1. The number of unbranched alkanes of at least 4 members (excludes halogenated alkanes) is 5. The Hall–Kier alpha value is -3.21. The van der Waals surface area contributed by atoms with Gasteiger partial charge in [0.25, 0.3) is 0 Å². The molecule has 1 atom stereocenters. The van der Waals surface area contributed by atoms with Gasteiger partial charge in [-0.25, -0.2) is 0 Å². The van der Waals surface area contributed by atoms with Crippen molar-refractivity contribution in [1.82, 2.24) is 0 Å². The normalized spacial score (nSPS) is 15.4. The summed E-state index contributed by atoms with van der Waals surface area (Å²) >= 11 is 5.81. The van der Waals surface area contributed by atoms with Crippen LogP contribution in [0.3, 0.4) is 0 Å². The van der Waals surface area contributed by atoms with Gasteiger partial charge in [0.2, 0.25) is 0 Å². The van der Waals surface area contributed by atoms with E-state index in [1.165, 1.54) is 22.7 Å². The van der Waals surface area contributed by atoms with E-state index in [4.69, 9.17) is 28.4 Å². The molecule has 5 aromatic rings. The van der Waals surface area contributed by atoms with E-state index in [1.807, 2.05) is 0 Å². The largest absolute Gasteiger partial charge is 0.503 e. The molecule has 4 N–H and O–H groups in total. The monoisotopic (exact) mass is 1020 g/mol. The fourth-order valence-corrected chi connectivity index (χ4v) is 14.0. The summed E-state index contributed by atoms with van der Waals surface area (Å²) in [5, 5.41) is 42.4. The third-order valence-corrected chi connectivity index (χ3v) is 19.0. The lowest BCUT2D eigenvalue weighted by atomic mass is 9.79. The summed E-state index contributed by atoms with van der Waals surface area (Å²) in [6.45, 7) is 15.8. The Balaban J connectivity index is 1.25. The molecule has 6 heterocycles. The van der Waals surface area contributed by atoms with Crippen molar-refractivity contribution < 1.29 is 48.5 Å². The van der Waals surface area contributed by atoms with Crippen LogP contribution in [-0.2, 0) is 0 Å². The van der Waals surface area contributed by atoms with E-state index in [2.05, 4.69) is 77.9 Å². The number of hydrogen-bond donors (Lipinski definition) is 4. The summed E-state index contributed by atoms with van der Waals surface area (Å²) in [4.78, 5) is 5.44. The summed E-state index contributed by atoms with van der Waals surface area (Å²) in [6, 6.07) is 12.5. The lowest BCUT2D eigenvalue weighted by Crippen LogP contribution is -2.35. The highest BCUT2D eigenvalue weighted by molar-refractivity contribution is 7.30. The Morgan fingerprint density at radius 1 is 0.536 bits per heavy atom. The van der Waals surface area contributed by atoms with E-state index in [1.54, 1.807) is 29.8 Å². The second-order valence-corrected chi connectivity index (χ2v) is 23.6. The first-order valence-electron chi connectivity index (χ1n) is 25.6. The quantitative estimate of drug-likeness (QED) is 0.0396. The number of methoxy groups -OCH3 is 1. The van der Waals surface area contributed by atoms with E-state index in [9.17, 15) is 20.1 Å². The molecular weight excluding hydrogens is 946 g/mol. The van der Waals surface area contributed by atoms with Gasteiger partial charge in [-0.15, -0.1) is 45.3 Å². The summed E-state index contributed by atoms with van der Waals surface area (Å²) in [7, 11) is -1.70. The first-order chi connectivity index (χ1) is 33.5. The fourth-order valence-electron chi connectivity index (χ4n) is 9.60. The lowest BCUT2D eigenvalue weighted by Gasteiger charge is -2.31. The summed E-state index contributed by atoms with van der Waals surface area (Å²) < 4.78 is 40.3. The first kappa shape index (κ1) is 53.6. The van der Waals surface area contributed by atoms with Crippen molar-refractivity contribution in [3.05, 3.63) is 36.4 Å². The van der Waals surface area contributed by atoms with Crippen LogP contribution in [0.15, 0.2) is 36.4 Å². The van der Waals surface area contributed by atoms with E-state index >= 15 is 0 Å². The molecule has 0 spiro atoms. The highest BCUT2D eigenvalue weighted by Gasteiger charge is 2.41. The molecule has 0 saturated carbocycles. The Kier molecular flexibility index (Phi) is 19.4. The van der Waals surface area contributed by atoms with Gasteiger partial charge in [-0.3, -0.25) is 0 Å². The number of thiophene rings is 4. The van der Waals surface area contributed by atoms with Gasteiger partial charge in [0.15, 0.2) is 23.0 Å². The number of ether oxygens (including phenoxy) is 6. The molecule has 1 aromatic carbocycles. The molecule has 0 fully saturated rings. The highest BCUT2D eigenvalue weighted by Crippen LogP contribution is 2.54. The second-order valence-electron chi connectivity index (χ2n) is 19.3. The van der Waals surface area contributed by atoms with Gasteiger partial charge in [0, 0.05) is 41.5 Å². The Morgan fingerprint density at radius 2 is 0.928 bits per heavy atom. The van der Waals surface area contributed by atoms with Crippen LogP contribution < -0.4 is 38.0 Å². The summed E-state index contributed by atoms with van der Waals surface area (Å²) in [6.07, 6.45) is 17.0. The Bertz CT molecular complexity index is 2390. The zero-order valence-corrected chi connectivity index (χ0v) is 45.2. The second kappa shape index (κ2) is 25.0. The van der Waals surface area contributed by atoms with E-state index in [0.717, 1.165) is 149 Å². The van der Waals surface area contributed by atoms with Crippen molar-refractivity contribution in [3.8, 4) is 74.9 Å². The molecule has 0 bridgehead atoms. The predicted octanol–water partition coefficient (Wildman–Crippen LogP) is 12.8. The fraction of sp³-hybridized carbons (Fsp3) is 0.585. The van der Waals surface area contributed by atoms with Crippen molar-refractivity contribution in [2.24, 2.45) is 16.7 Å². The van der Waals surface area contributed by atoms with Crippen molar-refractivity contribution in [1.29, 1.82) is 0 Å². The van der Waals surface area contributed by atoms with Crippen LogP contribution >= 0.6 is 45.3 Å². The van der Waals surface area contributed by atoms with Crippen LogP contribution in [0, 0.1) is 16.7 Å². The maximum absolute atomic E-state index is 10.6. The molecule has 0 radical (unpaired) electrons. The van der Waals surface area contributed by atoms with Crippen LogP contribution in [0.5, 0.6) is 34.5 Å². The lowest BCUT2D eigenvalue weighted by molar-refractivity contribution is 0.0797. The molecule has 0 aliphatic carbocycles. The minimum atomic E-state index is -1.70. The maximum atomic E-state index is 10.6. The van der Waals surface area contributed by atoms with E-state index < -0.39 is 14.2 Å². The molecule has 2 aliphatic heterocycles. The molecule has 1 unspecified atom stereocenters. The number of hydrogen-bond acceptors (Lipinski definition) is 14. The molecule has 16 heteroatoms. The molecule has 0 saturated heterocycles. The summed E-state index contributed by atoms with van der Waals surface area (Å²) in [5.74, 6) is 3.87. The molecule has 69 heavy (non-hydrogen) atoms. The Morgan fingerprint density at radius 3 is 1.32 bits per heavy atom. The SMILES string of the molecule is CCCCC(CC)COc1cc(-c2ccc(-c3sc(B(O)O)c4c3OCC(CCCC)(CCCC)CO4)s2)c(OC)cc1-c1ccc(-c2sc(B(O)O)c3c2OCC(CCCC)(CCCC)CO3)s1. The average molecular weight is 1020 g/mol. The van der Waals surface area contributed by atoms with Crippen LogP contribution in [-0.4, -0.2) is 74.5 Å². The zero-order valence-electron chi connectivity index (χ0n) is 41.9. The smallest absolute Gasteiger partial charge is 0.496 e. The molecule has 2 aliphatic rings. The van der Waals surface area contributed by atoms with Gasteiger partial charge in [-0.2, -0.15) is 0 Å². The van der Waals surface area contributed by atoms with Gasteiger partial charge in [-0.05, 0) is 74.4 Å². The molecule has 4 aromatic heterocycles. The number of fused-ring (bicyclic) bond motifs is 2. The molecule has 7 rings (SSSR count). The molecule has 0 amide bonds. The van der Waals surface area contributed by atoms with Crippen LogP contribution in [0.4, 0.5) is 0 Å². The maximum Gasteiger partial charge on any atom is 0.503 e. The standard InChI is InChI=1S/C53H74B2O10S4/c1-8-14-19-35(13-6)30-61-39-29-36(40-20-22-42(66-40)48-44-46(50(68-48)54(56)57)64-33-52(31-62-44,24-15-9-2)25-16-10-3)38(60-7)28-37(39)41-21-23-43(67-41)49-45-47(51(69-49)55(58)59)65-34-53(32-63-45,26-17-11-4)27-18-12-5/h20-23,28-29,35,56-59H,8-19,24-27,30-34H2,1-7H3. The van der Waals surface area contributed by atoms with Crippen molar-refractivity contribution >= 4 is 69.1 Å². The van der Waals surface area contributed by atoms with E-state index in [-0.39, 0.29) is 10.8 Å². The van der Waals surface area contributed by atoms with E-state index in [0.29, 0.717) is 77.3 Å². The number of rotatable bonds is 26. The average Bonchev–Trinajstić information content (AvgIpc) is 4.15. The van der Waals surface area contributed by atoms with Crippen LogP contribution in [0.1, 0.15) is 144 Å². The predicted molar refractivity (Wildman–Crippen MR) is 290 cm³/mol. The van der Waals surface area contributed by atoms with Crippen LogP contribution in [0.25, 0.3) is 40.4 Å². The van der Waals surface area contributed by atoms with Crippen molar-refractivity contribution in [3.63, 3.8) is 0 Å². The minimum Gasteiger partial charge on any atom is -0.496 e. The molecule has 10 nitrogen and oxygen atoms in total. The van der Waals surface area contributed by atoms with Crippen LogP contribution in [0.2, 0.25) is 0 Å². The molecular formula is C53H74B2O10S4. The van der Waals surface area contributed by atoms with Gasteiger partial charge in [-0.1, -0.05) is 112 Å². The third kappa shape index (κ3) is 12.4. The third-order valence-electron chi connectivity index (χ3n) is 14.0. The van der Waals surface area contributed by atoms with Gasteiger partial charge < -0.3 is 48.5 Å². The highest BCUT2D eigenvalue weighted by atomic mass is 32.1. The van der Waals surface area contributed by atoms with Crippen molar-refractivity contribution in [2.75, 3.05) is 40.1 Å². The minimum absolute atomic E-state index is 0.148. The topological polar surface area (TPSA) is 136 Å². The Labute approximate surface area is 427 Å². The van der Waals surface area contributed by atoms with Gasteiger partial charge >= 0.3 is 14.2 Å². The summed E-state index contributed by atoms with van der Waals surface area (Å²) in [5.41, 5.74) is 1.49. The zero-order chi connectivity index (χ0) is 49.1. The first-order valence-corrected chi connectivity index (χ1v) is 28.9. The van der Waals surface area contributed by atoms with Gasteiger partial charge in [0.1, 0.15) is 11.5 Å². The van der Waals surface area contributed by atoms with Gasteiger partial charge in [0.05, 0.1) is 59.5 Å².